The fourth-order valence-corrected chi connectivity index (χ4v) is 4.05. The third-order valence-electron chi connectivity index (χ3n) is 5.80. The Hall–Kier alpha value is -2.03. The van der Waals surface area contributed by atoms with Gasteiger partial charge in [-0.15, -0.1) is 11.0 Å². The largest absolute Gasteiger partial charge is 1.00 e. The summed E-state index contributed by atoms with van der Waals surface area (Å²) in [5.41, 5.74) is 2.70. The first kappa shape index (κ1) is 29.0. The summed E-state index contributed by atoms with van der Waals surface area (Å²) in [6, 6.07) is 5.38. The predicted octanol–water partition coefficient (Wildman–Crippen LogP) is 1.72. The Balaban J connectivity index is 0.000000595. The second-order valence-corrected chi connectivity index (χ2v) is 9.65. The Kier molecular flexibility index (Phi) is 10.5. The maximum absolute atomic E-state index is 12.8. The summed E-state index contributed by atoms with van der Waals surface area (Å²) in [4.78, 5) is 38.0. The van der Waals surface area contributed by atoms with Crippen LogP contribution in [0.5, 0.6) is 0 Å². The van der Waals surface area contributed by atoms with Crippen LogP contribution in [0, 0.1) is 19.3 Å². The van der Waals surface area contributed by atoms with Gasteiger partial charge >= 0.3 is 18.9 Å². The number of ether oxygens (including phenoxy) is 1. The topological polar surface area (TPSA) is 66.9 Å². The van der Waals surface area contributed by atoms with E-state index in [1.807, 2.05) is 6.20 Å². The molecule has 7 heteroatoms. The smallest absolute Gasteiger partial charge is 0.649 e. The second-order valence-electron chi connectivity index (χ2n) is 9.65. The minimum absolute atomic E-state index is 0. The fourth-order valence-electron chi connectivity index (χ4n) is 4.05. The van der Waals surface area contributed by atoms with Crippen LogP contribution in [0.4, 0.5) is 0 Å². The first-order valence-corrected chi connectivity index (χ1v) is 11.0. The predicted molar refractivity (Wildman–Crippen MR) is 125 cm³/mol. The number of carbonyl (C=O) groups is 2. The molecule has 2 aliphatic rings. The molecule has 1 aromatic carbocycles. The molecule has 6 nitrogen and oxygen atoms in total. The molecule has 0 saturated heterocycles. The first-order valence-electron chi connectivity index (χ1n) is 11.0. The number of nitrogens with zero attached hydrogens (tertiary/aromatic N) is 2. The van der Waals surface area contributed by atoms with E-state index in [1.54, 1.807) is 62.9 Å². The molecule has 1 saturated carbocycles. The van der Waals surface area contributed by atoms with Gasteiger partial charge in [-0.05, 0) is 38.5 Å². The van der Waals surface area contributed by atoms with Crippen LogP contribution < -0.4 is 18.9 Å². The normalized spacial score (nSPS) is 16.9. The summed E-state index contributed by atoms with van der Waals surface area (Å²) in [5.74, 6) is -0.117. The molecule has 1 heterocycles. The Labute approximate surface area is 210 Å². The van der Waals surface area contributed by atoms with Crippen molar-refractivity contribution < 1.29 is 38.0 Å². The van der Waals surface area contributed by atoms with Gasteiger partial charge in [-0.3, -0.25) is 9.59 Å². The van der Waals surface area contributed by atoms with Gasteiger partial charge in [0.15, 0.2) is 0 Å². The molecular formula is C26H35LiN2O4-2. The molecule has 0 spiro atoms. The van der Waals surface area contributed by atoms with E-state index in [0.29, 0.717) is 24.1 Å². The Morgan fingerprint density at radius 2 is 1.88 bits per heavy atom. The van der Waals surface area contributed by atoms with Crippen LogP contribution in [0.2, 0.25) is 0 Å². The minimum Gasteiger partial charge on any atom is -0.649 e. The van der Waals surface area contributed by atoms with Gasteiger partial charge in [-0.2, -0.15) is 6.42 Å². The van der Waals surface area contributed by atoms with Gasteiger partial charge in [0.25, 0.3) is 11.8 Å². The Morgan fingerprint density at radius 3 is 2.33 bits per heavy atom. The van der Waals surface area contributed by atoms with Crippen LogP contribution in [0.15, 0.2) is 30.0 Å². The van der Waals surface area contributed by atoms with Gasteiger partial charge in [0, 0.05) is 31.4 Å². The van der Waals surface area contributed by atoms with Crippen molar-refractivity contribution in [2.45, 2.75) is 65.0 Å². The number of hydrogen-bond acceptors (Lipinski definition) is 4. The second kappa shape index (κ2) is 11.9. The summed E-state index contributed by atoms with van der Waals surface area (Å²) in [7, 11) is 3.45. The zero-order valence-corrected chi connectivity index (χ0v) is 21.0. The van der Waals surface area contributed by atoms with Crippen molar-refractivity contribution in [1.29, 1.82) is 0 Å². The number of amides is 2. The van der Waals surface area contributed by atoms with E-state index in [1.165, 1.54) is 19.3 Å². The summed E-state index contributed by atoms with van der Waals surface area (Å²) in [5, 5.41) is 0. The van der Waals surface area contributed by atoms with Gasteiger partial charge in [0.05, 0.1) is 12.1 Å². The van der Waals surface area contributed by atoms with E-state index in [0.717, 1.165) is 24.0 Å². The van der Waals surface area contributed by atoms with E-state index in [9.17, 15) is 14.4 Å². The molecule has 176 valence electrons. The van der Waals surface area contributed by atoms with Crippen molar-refractivity contribution in [3.05, 3.63) is 60.5 Å². The van der Waals surface area contributed by atoms with Crippen LogP contribution in [0.25, 0.3) is 0 Å². The first-order chi connectivity index (χ1) is 14.9. The zero-order chi connectivity index (χ0) is 24.1. The molecule has 2 amide bonds. The van der Waals surface area contributed by atoms with Gasteiger partial charge in [-0.25, -0.2) is 0 Å². The maximum atomic E-state index is 12.8. The summed E-state index contributed by atoms with van der Waals surface area (Å²) >= 11 is 0. The summed E-state index contributed by atoms with van der Waals surface area (Å²) in [6.45, 7) is 15.6. The standard InChI is InChI=1S/C21H26N2O2.C5H9O2.Li/c1-5-15(21(2)11-6-7-12-21)13-23-14-18-16(19(24)22(3)4)9-8-10-17(18)20(23)25;1-5(2,3)7-4-6;/h8-10,13H,1-2,5-7,11-12,14H2,3-4H3;1-3H3;/q-2;-1;+1/b15-13-;;. The molecule has 0 atom stereocenters. The maximum Gasteiger partial charge on any atom is 1.00 e. The average molecular weight is 447 g/mol. The quantitative estimate of drug-likeness (QED) is 0.510. The fraction of sp³-hybridized carbons (Fsp3) is 0.500. The SMILES string of the molecule is CC(C)(C)O[C-]=O.[CH2-]C/C(=C/N1Cc2c(C(=O)N(C)C)cccc2C1=O)C1([CH2-])CCCC1.[Li+]. The minimum atomic E-state index is -0.373. The van der Waals surface area contributed by atoms with Gasteiger partial charge in [0.1, 0.15) is 0 Å². The van der Waals surface area contributed by atoms with Crippen LogP contribution in [-0.2, 0) is 16.1 Å². The van der Waals surface area contributed by atoms with Crippen LogP contribution in [-0.4, -0.2) is 47.8 Å². The van der Waals surface area contributed by atoms with E-state index in [-0.39, 0.29) is 41.7 Å². The molecule has 0 bridgehead atoms. The van der Waals surface area contributed by atoms with E-state index >= 15 is 0 Å². The third kappa shape index (κ3) is 7.22. The number of hydrogen-bond donors (Lipinski definition) is 0. The molecule has 3 rings (SSSR count). The summed E-state index contributed by atoms with van der Waals surface area (Å²) < 4.78 is 4.42. The Bertz CT molecular complexity index is 881. The van der Waals surface area contributed by atoms with Crippen molar-refractivity contribution in [2.24, 2.45) is 5.41 Å². The van der Waals surface area contributed by atoms with Crippen molar-refractivity contribution in [3.8, 4) is 0 Å². The third-order valence-corrected chi connectivity index (χ3v) is 5.80. The molecule has 1 aromatic rings. The molecule has 0 aromatic heterocycles. The van der Waals surface area contributed by atoms with Crippen molar-refractivity contribution in [3.63, 3.8) is 0 Å². The molecule has 0 radical (unpaired) electrons. The number of rotatable bonds is 5. The zero-order valence-electron chi connectivity index (χ0n) is 21.0. The number of carbonyl (C=O) groups excluding carboxylic acids is 3. The molecule has 1 fully saturated rings. The van der Waals surface area contributed by atoms with Crippen molar-refractivity contribution >= 4 is 18.3 Å². The number of fused-ring (bicyclic) bond motifs is 1. The van der Waals surface area contributed by atoms with Crippen LogP contribution >= 0.6 is 0 Å². The van der Waals surface area contributed by atoms with E-state index in [2.05, 4.69) is 18.6 Å². The molecule has 1 aliphatic heterocycles. The number of allylic oxidation sites excluding steroid dienone is 1. The van der Waals surface area contributed by atoms with Crippen LogP contribution in [0.3, 0.4) is 0 Å². The monoisotopic (exact) mass is 446 g/mol. The van der Waals surface area contributed by atoms with E-state index < -0.39 is 0 Å². The Morgan fingerprint density at radius 1 is 1.27 bits per heavy atom. The van der Waals surface area contributed by atoms with Crippen molar-refractivity contribution in [1.82, 2.24) is 9.80 Å². The molecule has 0 unspecified atom stereocenters. The van der Waals surface area contributed by atoms with Crippen molar-refractivity contribution in [2.75, 3.05) is 14.1 Å². The summed E-state index contributed by atoms with van der Waals surface area (Å²) in [6.07, 6.45) is 7.04. The van der Waals surface area contributed by atoms with E-state index in [4.69, 9.17) is 0 Å². The molecule has 33 heavy (non-hydrogen) atoms. The average Bonchev–Trinajstić information content (AvgIpc) is 3.29. The van der Waals surface area contributed by atoms with Gasteiger partial charge in [0.2, 0.25) is 0 Å². The molecular weight excluding hydrogens is 411 g/mol. The number of benzene rings is 1. The molecule has 1 aliphatic carbocycles. The van der Waals surface area contributed by atoms with Crippen LogP contribution in [0.1, 0.15) is 79.2 Å². The van der Waals surface area contributed by atoms with Gasteiger partial charge in [-0.1, -0.05) is 38.2 Å². The van der Waals surface area contributed by atoms with Gasteiger partial charge < -0.3 is 33.2 Å². The molecule has 0 N–H and O–H groups in total.